The van der Waals surface area contributed by atoms with E-state index in [1.807, 2.05) is 12.1 Å². The molecule has 0 amide bonds. The first kappa shape index (κ1) is 23.7. The fourth-order valence-electron chi connectivity index (χ4n) is 2.20. The van der Waals surface area contributed by atoms with Crippen LogP contribution in [-0.2, 0) is 28.4 Å². The van der Waals surface area contributed by atoms with E-state index in [1.165, 1.54) is 0 Å². The molecule has 0 atom stereocenters. The summed E-state index contributed by atoms with van der Waals surface area (Å²) in [4.78, 5) is 6.30. The molecule has 0 spiro atoms. The molecule has 0 aromatic carbocycles. The van der Waals surface area contributed by atoms with Crippen molar-refractivity contribution in [3.05, 3.63) is 24.5 Å². The Kier molecular flexibility index (Phi) is 15.9. The predicted octanol–water partition coefficient (Wildman–Crippen LogP) is 1.25. The van der Waals surface area contributed by atoms with Crippen molar-refractivity contribution in [3.63, 3.8) is 0 Å². The normalized spacial score (nSPS) is 11.0. The zero-order valence-electron chi connectivity index (χ0n) is 16.6. The van der Waals surface area contributed by atoms with Crippen LogP contribution < -0.4 is 4.90 Å². The number of methoxy groups -OCH3 is 2. The van der Waals surface area contributed by atoms with E-state index in [2.05, 4.69) is 9.88 Å². The average Bonchev–Trinajstić information content (AvgIpc) is 2.71. The van der Waals surface area contributed by atoms with Crippen LogP contribution in [0.1, 0.15) is 0 Å². The topological polar surface area (TPSA) is 71.5 Å². The summed E-state index contributed by atoms with van der Waals surface area (Å²) in [5.41, 5.74) is 1.10. The van der Waals surface area contributed by atoms with E-state index in [1.54, 1.807) is 26.6 Å². The van der Waals surface area contributed by atoms with Crippen molar-refractivity contribution in [2.75, 3.05) is 98.3 Å². The van der Waals surface area contributed by atoms with Crippen molar-refractivity contribution >= 4 is 5.69 Å². The third-order valence-corrected chi connectivity index (χ3v) is 3.65. The van der Waals surface area contributed by atoms with E-state index in [9.17, 15) is 0 Å². The lowest BCUT2D eigenvalue weighted by Gasteiger charge is -2.24. The Morgan fingerprint density at radius 1 is 0.630 bits per heavy atom. The van der Waals surface area contributed by atoms with Crippen LogP contribution in [0.2, 0.25) is 0 Å². The highest BCUT2D eigenvalue weighted by Gasteiger charge is 2.06. The van der Waals surface area contributed by atoms with Crippen LogP contribution >= 0.6 is 0 Å². The monoisotopic (exact) mass is 386 g/mol. The molecule has 1 rings (SSSR count). The minimum atomic E-state index is 0.573. The Hall–Kier alpha value is -1.29. The lowest BCUT2D eigenvalue weighted by Crippen LogP contribution is -2.31. The number of ether oxygens (including phenoxy) is 6. The van der Waals surface area contributed by atoms with E-state index in [0.717, 1.165) is 18.8 Å². The summed E-state index contributed by atoms with van der Waals surface area (Å²) < 4.78 is 31.9. The number of nitrogens with zero attached hydrogens (tertiary/aromatic N) is 2. The maximum absolute atomic E-state index is 5.65. The molecule has 0 bridgehead atoms. The van der Waals surface area contributed by atoms with Gasteiger partial charge < -0.3 is 33.3 Å². The first-order valence-electron chi connectivity index (χ1n) is 9.32. The van der Waals surface area contributed by atoms with Crippen LogP contribution in [0, 0.1) is 0 Å². The molecule has 0 radical (unpaired) electrons. The molecule has 0 fully saturated rings. The van der Waals surface area contributed by atoms with Gasteiger partial charge in [0.2, 0.25) is 0 Å². The number of aromatic nitrogens is 1. The van der Waals surface area contributed by atoms with Gasteiger partial charge in [-0.15, -0.1) is 0 Å². The highest BCUT2D eigenvalue weighted by atomic mass is 16.5. The van der Waals surface area contributed by atoms with Gasteiger partial charge in [-0.25, -0.2) is 0 Å². The molecule has 0 saturated carbocycles. The maximum Gasteiger partial charge on any atom is 0.0701 e. The second-order valence-corrected chi connectivity index (χ2v) is 5.63. The lowest BCUT2D eigenvalue weighted by atomic mass is 10.3. The van der Waals surface area contributed by atoms with E-state index < -0.39 is 0 Å². The third kappa shape index (κ3) is 13.5. The van der Waals surface area contributed by atoms with Gasteiger partial charge in [0.15, 0.2) is 0 Å². The van der Waals surface area contributed by atoms with E-state index in [-0.39, 0.29) is 0 Å². The van der Waals surface area contributed by atoms with E-state index in [0.29, 0.717) is 66.1 Å². The predicted molar refractivity (Wildman–Crippen MR) is 103 cm³/mol. The molecule has 0 unspecified atom stereocenters. The number of anilines is 1. The van der Waals surface area contributed by atoms with Gasteiger partial charge in [-0.05, 0) is 12.1 Å². The highest BCUT2D eigenvalue weighted by Crippen LogP contribution is 2.11. The number of rotatable bonds is 19. The molecule has 1 heterocycles. The van der Waals surface area contributed by atoms with Crippen LogP contribution in [0.15, 0.2) is 24.5 Å². The Morgan fingerprint density at radius 2 is 1.04 bits per heavy atom. The third-order valence-electron chi connectivity index (χ3n) is 3.65. The molecule has 1 aromatic rings. The first-order valence-corrected chi connectivity index (χ1v) is 9.32. The quantitative estimate of drug-likeness (QED) is 0.329. The Morgan fingerprint density at radius 3 is 1.48 bits per heavy atom. The van der Waals surface area contributed by atoms with Gasteiger partial charge in [0.05, 0.1) is 66.1 Å². The van der Waals surface area contributed by atoms with Crippen LogP contribution in [-0.4, -0.2) is 98.4 Å². The second kappa shape index (κ2) is 18.1. The van der Waals surface area contributed by atoms with Crippen LogP contribution in [0.25, 0.3) is 0 Å². The van der Waals surface area contributed by atoms with E-state index >= 15 is 0 Å². The zero-order chi connectivity index (χ0) is 19.4. The standard InChI is InChI=1S/C19H34N2O6/c1-22-11-13-26-17-15-24-9-7-21(19-3-5-20-6-4-19)8-10-25-16-18-27-14-12-23-2/h3-6H,7-18H2,1-2H3. The largest absolute Gasteiger partial charge is 0.382 e. The Balaban J connectivity index is 2.17. The van der Waals surface area contributed by atoms with Crippen molar-refractivity contribution in [2.45, 2.75) is 0 Å². The van der Waals surface area contributed by atoms with Gasteiger partial charge in [-0.3, -0.25) is 4.98 Å². The van der Waals surface area contributed by atoms with Gasteiger partial charge in [0.1, 0.15) is 0 Å². The van der Waals surface area contributed by atoms with Gasteiger partial charge in [-0.1, -0.05) is 0 Å². The molecule has 156 valence electrons. The molecule has 8 heteroatoms. The van der Waals surface area contributed by atoms with Crippen molar-refractivity contribution in [1.82, 2.24) is 4.98 Å². The number of hydrogen-bond donors (Lipinski definition) is 0. The summed E-state index contributed by atoms with van der Waals surface area (Å²) in [6.07, 6.45) is 3.58. The Labute approximate surface area is 162 Å². The molecule has 0 saturated heterocycles. The molecule has 8 nitrogen and oxygen atoms in total. The molecule has 1 aromatic heterocycles. The Bertz CT molecular complexity index is 404. The summed E-state index contributed by atoms with van der Waals surface area (Å²) in [7, 11) is 3.32. The van der Waals surface area contributed by atoms with Crippen molar-refractivity contribution in [1.29, 1.82) is 0 Å². The maximum atomic E-state index is 5.65. The summed E-state index contributed by atoms with van der Waals surface area (Å²) in [5, 5.41) is 0. The van der Waals surface area contributed by atoms with Crippen LogP contribution in [0.4, 0.5) is 5.69 Å². The van der Waals surface area contributed by atoms with Gasteiger partial charge >= 0.3 is 0 Å². The van der Waals surface area contributed by atoms with Crippen molar-refractivity contribution < 1.29 is 28.4 Å². The van der Waals surface area contributed by atoms with Crippen LogP contribution in [0.3, 0.4) is 0 Å². The van der Waals surface area contributed by atoms with Gasteiger partial charge in [-0.2, -0.15) is 0 Å². The lowest BCUT2D eigenvalue weighted by molar-refractivity contribution is 0.0235. The van der Waals surface area contributed by atoms with Crippen molar-refractivity contribution in [2.24, 2.45) is 0 Å². The molecule has 27 heavy (non-hydrogen) atoms. The first-order chi connectivity index (χ1) is 13.4. The minimum Gasteiger partial charge on any atom is -0.382 e. The average molecular weight is 386 g/mol. The highest BCUT2D eigenvalue weighted by molar-refractivity contribution is 5.44. The zero-order valence-corrected chi connectivity index (χ0v) is 16.6. The van der Waals surface area contributed by atoms with E-state index in [4.69, 9.17) is 28.4 Å². The molecule has 0 aliphatic rings. The summed E-state index contributed by atoms with van der Waals surface area (Å²) in [5.74, 6) is 0. The summed E-state index contributed by atoms with van der Waals surface area (Å²) in [6, 6.07) is 3.98. The van der Waals surface area contributed by atoms with Crippen LogP contribution in [0.5, 0.6) is 0 Å². The molecular formula is C19H34N2O6. The smallest absolute Gasteiger partial charge is 0.0701 e. The van der Waals surface area contributed by atoms with Crippen molar-refractivity contribution in [3.8, 4) is 0 Å². The second-order valence-electron chi connectivity index (χ2n) is 5.63. The van der Waals surface area contributed by atoms with Gasteiger partial charge in [0, 0.05) is 45.4 Å². The molecule has 0 N–H and O–H groups in total. The van der Waals surface area contributed by atoms with Gasteiger partial charge in [0.25, 0.3) is 0 Å². The fraction of sp³-hybridized carbons (Fsp3) is 0.737. The number of pyridine rings is 1. The SMILES string of the molecule is COCCOCCOCCN(CCOCCOCCOC)c1ccncc1. The fourth-order valence-corrected chi connectivity index (χ4v) is 2.20. The minimum absolute atomic E-state index is 0.573. The number of hydrogen-bond acceptors (Lipinski definition) is 8. The molecule has 0 aliphatic heterocycles. The molecular weight excluding hydrogens is 352 g/mol. The summed E-state index contributed by atoms with van der Waals surface area (Å²) >= 11 is 0. The molecule has 0 aliphatic carbocycles. The summed E-state index contributed by atoms with van der Waals surface area (Å²) in [6.45, 7) is 7.48.